The summed E-state index contributed by atoms with van der Waals surface area (Å²) in [5.41, 5.74) is -0.818. The molecule has 1 aromatic heterocycles. The summed E-state index contributed by atoms with van der Waals surface area (Å²) < 4.78 is 11.6. The second-order valence-electron chi connectivity index (χ2n) is 8.33. The van der Waals surface area contributed by atoms with Crippen LogP contribution in [0.3, 0.4) is 0 Å². The van der Waals surface area contributed by atoms with Gasteiger partial charge < -0.3 is 24.9 Å². The molecule has 6 heteroatoms. The molecule has 0 bridgehead atoms. The molecule has 2 aliphatic carbocycles. The maximum atomic E-state index is 10.8. The van der Waals surface area contributed by atoms with E-state index in [9.17, 15) is 5.11 Å². The second-order valence-corrected chi connectivity index (χ2v) is 8.33. The lowest BCUT2D eigenvalue weighted by molar-refractivity contribution is -0.171. The van der Waals surface area contributed by atoms with Crippen molar-refractivity contribution in [1.29, 1.82) is 0 Å². The van der Waals surface area contributed by atoms with Crippen LogP contribution in [0.4, 0.5) is 0 Å². The number of aliphatic imine (C=N–C) groups is 1. The number of aryl methyl sites for hydroxylation is 1. The number of nitrogens with one attached hydrogen (secondary N) is 2. The topological polar surface area (TPSA) is 79.0 Å². The van der Waals surface area contributed by atoms with Crippen molar-refractivity contribution in [2.75, 3.05) is 19.7 Å². The van der Waals surface area contributed by atoms with E-state index in [0.29, 0.717) is 29.2 Å². The van der Waals surface area contributed by atoms with E-state index < -0.39 is 5.60 Å². The lowest BCUT2D eigenvalue weighted by Crippen LogP contribution is -2.72. The minimum atomic E-state index is -1.12. The van der Waals surface area contributed by atoms with E-state index >= 15 is 0 Å². The summed E-state index contributed by atoms with van der Waals surface area (Å²) in [7, 11) is 0. The van der Waals surface area contributed by atoms with Crippen molar-refractivity contribution in [2.24, 2.45) is 16.3 Å². The number of fused-ring (bicyclic) bond motifs is 2. The SMILES string of the molecule is CCNC(=NCC(C)(O)c1ccc(C)o1)NC1C2CCOC2C12CCC2. The lowest BCUT2D eigenvalue weighted by Gasteiger charge is -2.63. The monoisotopic (exact) mass is 361 g/mol. The van der Waals surface area contributed by atoms with Gasteiger partial charge in [0.05, 0.1) is 12.6 Å². The third-order valence-corrected chi connectivity index (χ3v) is 6.49. The number of rotatable bonds is 5. The third-order valence-electron chi connectivity index (χ3n) is 6.49. The first-order valence-electron chi connectivity index (χ1n) is 9.92. The second kappa shape index (κ2) is 6.57. The van der Waals surface area contributed by atoms with Crippen LogP contribution in [0.25, 0.3) is 0 Å². The molecule has 0 amide bonds. The van der Waals surface area contributed by atoms with Crippen molar-refractivity contribution >= 4 is 5.96 Å². The Bertz CT molecular complexity index is 678. The molecule has 2 heterocycles. The molecule has 3 N–H and O–H groups in total. The number of ether oxygens (including phenoxy) is 1. The summed E-state index contributed by atoms with van der Waals surface area (Å²) in [6.45, 7) is 7.61. The van der Waals surface area contributed by atoms with E-state index in [4.69, 9.17) is 9.15 Å². The van der Waals surface area contributed by atoms with Crippen molar-refractivity contribution in [3.05, 3.63) is 23.7 Å². The molecule has 1 aromatic rings. The first-order chi connectivity index (χ1) is 12.5. The van der Waals surface area contributed by atoms with Crippen LogP contribution in [0.1, 0.15) is 51.1 Å². The van der Waals surface area contributed by atoms with Crippen molar-refractivity contribution in [2.45, 2.75) is 64.2 Å². The molecule has 3 aliphatic rings. The highest BCUT2D eigenvalue weighted by atomic mass is 16.5. The third kappa shape index (κ3) is 2.83. The van der Waals surface area contributed by atoms with Gasteiger partial charge in [-0.1, -0.05) is 6.42 Å². The zero-order chi connectivity index (χ0) is 18.4. The van der Waals surface area contributed by atoms with Crippen molar-refractivity contribution in [1.82, 2.24) is 10.6 Å². The van der Waals surface area contributed by atoms with Crippen LogP contribution in [-0.2, 0) is 10.3 Å². The molecule has 0 radical (unpaired) electrons. The first-order valence-corrected chi connectivity index (χ1v) is 9.92. The molecule has 3 fully saturated rings. The molecule has 1 aliphatic heterocycles. The van der Waals surface area contributed by atoms with Gasteiger partial charge in [0.15, 0.2) is 5.96 Å². The Hall–Kier alpha value is -1.53. The van der Waals surface area contributed by atoms with Crippen LogP contribution in [0.2, 0.25) is 0 Å². The number of hydrogen-bond acceptors (Lipinski definition) is 4. The van der Waals surface area contributed by atoms with Crippen LogP contribution in [0.15, 0.2) is 21.5 Å². The first kappa shape index (κ1) is 17.9. The summed E-state index contributed by atoms with van der Waals surface area (Å²) >= 11 is 0. The molecule has 1 saturated heterocycles. The van der Waals surface area contributed by atoms with Crippen LogP contribution in [-0.4, -0.2) is 42.9 Å². The van der Waals surface area contributed by atoms with Crippen molar-refractivity contribution in [3.8, 4) is 0 Å². The van der Waals surface area contributed by atoms with Gasteiger partial charge in [0, 0.05) is 30.5 Å². The van der Waals surface area contributed by atoms with Crippen LogP contribution in [0.5, 0.6) is 0 Å². The van der Waals surface area contributed by atoms with Crippen LogP contribution >= 0.6 is 0 Å². The molecule has 26 heavy (non-hydrogen) atoms. The van der Waals surface area contributed by atoms with E-state index in [-0.39, 0.29) is 6.54 Å². The molecule has 1 spiro atoms. The Morgan fingerprint density at radius 1 is 1.42 bits per heavy atom. The van der Waals surface area contributed by atoms with Gasteiger partial charge >= 0.3 is 0 Å². The number of furan rings is 1. The van der Waals surface area contributed by atoms with E-state index in [0.717, 1.165) is 31.3 Å². The lowest BCUT2D eigenvalue weighted by atomic mass is 9.46. The number of nitrogens with zero attached hydrogens (tertiary/aromatic N) is 1. The van der Waals surface area contributed by atoms with E-state index in [2.05, 4.69) is 22.5 Å². The number of aliphatic hydroxyl groups is 1. The fourth-order valence-corrected chi connectivity index (χ4v) is 4.96. The number of guanidine groups is 1. The highest BCUT2D eigenvalue weighted by Gasteiger charge is 2.66. The summed E-state index contributed by atoms with van der Waals surface area (Å²) in [6.07, 6.45) is 5.35. The molecule has 144 valence electrons. The van der Waals surface area contributed by atoms with Crippen LogP contribution in [0, 0.1) is 18.3 Å². The molecule has 0 aromatic carbocycles. The molecular formula is C20H31N3O3. The molecule has 4 atom stereocenters. The van der Waals surface area contributed by atoms with Gasteiger partial charge in [-0.05, 0) is 52.2 Å². The van der Waals surface area contributed by atoms with Gasteiger partial charge in [0.2, 0.25) is 0 Å². The van der Waals surface area contributed by atoms with Gasteiger partial charge in [0.25, 0.3) is 0 Å². The maximum absolute atomic E-state index is 10.8. The van der Waals surface area contributed by atoms with E-state index in [1.165, 1.54) is 19.3 Å². The highest BCUT2D eigenvalue weighted by molar-refractivity contribution is 5.80. The fourth-order valence-electron chi connectivity index (χ4n) is 4.96. The van der Waals surface area contributed by atoms with E-state index in [1.54, 1.807) is 6.92 Å². The minimum absolute atomic E-state index is 0.250. The smallest absolute Gasteiger partial charge is 0.191 e. The Morgan fingerprint density at radius 2 is 2.23 bits per heavy atom. The Kier molecular flexibility index (Phi) is 4.51. The predicted octanol–water partition coefficient (Wildman–Crippen LogP) is 2.31. The molecule has 4 unspecified atom stereocenters. The van der Waals surface area contributed by atoms with Crippen LogP contribution < -0.4 is 10.6 Å². The van der Waals surface area contributed by atoms with Crippen molar-refractivity contribution in [3.63, 3.8) is 0 Å². The summed E-state index contributed by atoms with van der Waals surface area (Å²) in [5, 5.41) is 17.8. The Labute approximate surface area is 155 Å². The predicted molar refractivity (Wildman–Crippen MR) is 100 cm³/mol. The van der Waals surface area contributed by atoms with Gasteiger partial charge in [0.1, 0.15) is 17.1 Å². The van der Waals surface area contributed by atoms with Gasteiger partial charge in [-0.15, -0.1) is 0 Å². The van der Waals surface area contributed by atoms with Gasteiger partial charge in [-0.2, -0.15) is 0 Å². The highest BCUT2D eigenvalue weighted by Crippen LogP contribution is 2.62. The summed E-state index contributed by atoms with van der Waals surface area (Å²) in [5.74, 6) is 2.71. The molecule has 4 rings (SSSR count). The minimum Gasteiger partial charge on any atom is -0.463 e. The average molecular weight is 361 g/mol. The maximum Gasteiger partial charge on any atom is 0.191 e. The normalized spacial score (nSPS) is 31.7. The van der Waals surface area contributed by atoms with Gasteiger partial charge in [-0.3, -0.25) is 0 Å². The summed E-state index contributed by atoms with van der Waals surface area (Å²) in [4.78, 5) is 4.67. The average Bonchev–Trinajstić information content (AvgIpc) is 3.16. The molecule has 6 nitrogen and oxygen atoms in total. The quantitative estimate of drug-likeness (QED) is 0.554. The molecular weight excluding hydrogens is 330 g/mol. The number of hydrogen-bond donors (Lipinski definition) is 3. The standard InChI is InChI=1S/C20H31N3O3/c1-4-21-18(22-12-19(3,24)15-7-6-13(2)26-15)23-16-14-8-11-25-17(14)20(16)9-5-10-20/h6-7,14,16-17,24H,4-5,8-12H2,1-3H3,(H2,21,22,23). The van der Waals surface area contributed by atoms with E-state index in [1.807, 2.05) is 19.1 Å². The Morgan fingerprint density at radius 3 is 2.85 bits per heavy atom. The van der Waals surface area contributed by atoms with Gasteiger partial charge in [-0.25, -0.2) is 4.99 Å². The van der Waals surface area contributed by atoms with Crippen molar-refractivity contribution < 1.29 is 14.3 Å². The summed E-state index contributed by atoms with van der Waals surface area (Å²) in [6, 6.07) is 4.12. The zero-order valence-electron chi connectivity index (χ0n) is 16.0. The largest absolute Gasteiger partial charge is 0.463 e. The Balaban J connectivity index is 1.46. The fraction of sp³-hybridized carbons (Fsp3) is 0.750. The molecule has 2 saturated carbocycles. The zero-order valence-corrected chi connectivity index (χ0v) is 16.0.